The maximum atomic E-state index is 8.91. The summed E-state index contributed by atoms with van der Waals surface area (Å²) in [5.41, 5.74) is 3.50. The predicted molar refractivity (Wildman–Crippen MR) is 96.3 cm³/mol. The monoisotopic (exact) mass is 348 g/mol. The van der Waals surface area contributed by atoms with Gasteiger partial charge in [-0.15, -0.1) is 0 Å². The normalized spacial score (nSPS) is 11.3. The van der Waals surface area contributed by atoms with E-state index < -0.39 is 0 Å². The van der Waals surface area contributed by atoms with Crippen LogP contribution in [0.15, 0.2) is 48.7 Å². The molecule has 0 aliphatic rings. The number of hydrogen-bond acceptors (Lipinski definition) is 2. The van der Waals surface area contributed by atoms with Crippen LogP contribution in [-0.2, 0) is 13.1 Å². The first-order chi connectivity index (χ1) is 11.2. The van der Waals surface area contributed by atoms with Gasteiger partial charge in [-0.05, 0) is 29.3 Å². The smallest absolute Gasteiger partial charge is 0.0595 e. The minimum atomic E-state index is 0.141. The van der Waals surface area contributed by atoms with Crippen molar-refractivity contribution >= 4 is 34.1 Å². The van der Waals surface area contributed by atoms with Crippen molar-refractivity contribution in [2.45, 2.75) is 13.1 Å². The number of aromatic nitrogens is 1. The summed E-state index contributed by atoms with van der Waals surface area (Å²) < 4.78 is 2.21. The van der Waals surface area contributed by atoms with E-state index in [1.54, 1.807) is 0 Å². The Hall–Kier alpha value is -1.52. The van der Waals surface area contributed by atoms with Crippen molar-refractivity contribution in [1.29, 1.82) is 0 Å². The standard InChI is InChI=1S/C18H18Cl2N2O/c19-16-6-5-13(9-17(16)20)11-22-12-14(10-21-7-8-23)15-3-1-2-4-18(15)22/h1-6,9,12,21,23H,7-8,10-11H2. The van der Waals surface area contributed by atoms with Crippen molar-refractivity contribution in [3.8, 4) is 0 Å². The molecule has 0 aliphatic heterocycles. The molecule has 0 amide bonds. The van der Waals surface area contributed by atoms with Gasteiger partial charge >= 0.3 is 0 Å². The molecule has 0 atom stereocenters. The first kappa shape index (κ1) is 16.3. The van der Waals surface area contributed by atoms with Gasteiger partial charge in [0.25, 0.3) is 0 Å². The van der Waals surface area contributed by atoms with Gasteiger partial charge in [-0.25, -0.2) is 0 Å². The quantitative estimate of drug-likeness (QED) is 0.658. The minimum absolute atomic E-state index is 0.141. The molecule has 0 unspecified atom stereocenters. The van der Waals surface area contributed by atoms with Crippen LogP contribution in [0, 0.1) is 0 Å². The summed E-state index contributed by atoms with van der Waals surface area (Å²) in [6.07, 6.45) is 2.15. The molecular formula is C18H18Cl2N2O. The lowest BCUT2D eigenvalue weighted by atomic mass is 10.2. The molecule has 1 aromatic heterocycles. The van der Waals surface area contributed by atoms with E-state index in [4.69, 9.17) is 28.3 Å². The number of nitrogens with one attached hydrogen (secondary N) is 1. The van der Waals surface area contributed by atoms with Gasteiger partial charge in [-0.2, -0.15) is 0 Å². The Morgan fingerprint density at radius 3 is 2.65 bits per heavy atom. The van der Waals surface area contributed by atoms with Gasteiger partial charge in [0.2, 0.25) is 0 Å². The van der Waals surface area contributed by atoms with Crippen molar-refractivity contribution in [3.63, 3.8) is 0 Å². The first-order valence-electron chi connectivity index (χ1n) is 7.51. The van der Waals surface area contributed by atoms with Crippen molar-refractivity contribution in [2.75, 3.05) is 13.2 Å². The van der Waals surface area contributed by atoms with Crippen LogP contribution in [0.1, 0.15) is 11.1 Å². The lowest BCUT2D eigenvalue weighted by molar-refractivity contribution is 0.292. The van der Waals surface area contributed by atoms with Crippen molar-refractivity contribution < 1.29 is 5.11 Å². The molecule has 0 saturated carbocycles. The third kappa shape index (κ3) is 3.70. The highest BCUT2D eigenvalue weighted by molar-refractivity contribution is 6.42. The number of benzene rings is 2. The van der Waals surface area contributed by atoms with E-state index in [0.717, 1.165) is 18.7 Å². The maximum Gasteiger partial charge on any atom is 0.0595 e. The first-order valence-corrected chi connectivity index (χ1v) is 8.27. The zero-order chi connectivity index (χ0) is 16.2. The van der Waals surface area contributed by atoms with Gasteiger partial charge < -0.3 is 15.0 Å². The number of fused-ring (bicyclic) bond motifs is 1. The SMILES string of the molecule is OCCNCc1cn(Cc2ccc(Cl)c(Cl)c2)c2ccccc12. The molecule has 0 bridgehead atoms. The highest BCUT2D eigenvalue weighted by atomic mass is 35.5. The van der Waals surface area contributed by atoms with Crippen LogP contribution in [0.3, 0.4) is 0 Å². The molecule has 3 aromatic rings. The Bertz CT molecular complexity index is 814. The summed E-state index contributed by atoms with van der Waals surface area (Å²) in [5.74, 6) is 0. The molecule has 0 fully saturated rings. The van der Waals surface area contributed by atoms with Gasteiger partial charge in [-0.1, -0.05) is 47.5 Å². The molecule has 3 rings (SSSR count). The summed E-state index contributed by atoms with van der Waals surface area (Å²) in [6.45, 7) is 2.20. The zero-order valence-corrected chi connectivity index (χ0v) is 14.1. The molecule has 0 saturated heterocycles. The number of rotatable bonds is 6. The molecular weight excluding hydrogens is 331 g/mol. The third-order valence-electron chi connectivity index (χ3n) is 3.81. The zero-order valence-electron chi connectivity index (χ0n) is 12.6. The molecule has 1 heterocycles. The summed E-state index contributed by atoms with van der Waals surface area (Å²) in [7, 11) is 0. The molecule has 0 spiro atoms. The van der Waals surface area contributed by atoms with E-state index in [2.05, 4.69) is 28.2 Å². The summed E-state index contributed by atoms with van der Waals surface area (Å²) >= 11 is 12.1. The van der Waals surface area contributed by atoms with Crippen LogP contribution in [0.5, 0.6) is 0 Å². The minimum Gasteiger partial charge on any atom is -0.395 e. The van der Waals surface area contributed by atoms with Gasteiger partial charge in [0.05, 0.1) is 16.7 Å². The lowest BCUT2D eigenvalue weighted by Crippen LogP contribution is -2.17. The van der Waals surface area contributed by atoms with Crippen LogP contribution in [0.25, 0.3) is 10.9 Å². The molecule has 23 heavy (non-hydrogen) atoms. The second kappa shape index (κ2) is 7.37. The maximum absolute atomic E-state index is 8.91. The Morgan fingerprint density at radius 2 is 1.87 bits per heavy atom. The molecule has 120 valence electrons. The molecule has 0 aliphatic carbocycles. The number of nitrogens with zero attached hydrogens (tertiary/aromatic N) is 1. The Kier molecular flexibility index (Phi) is 5.23. The van der Waals surface area contributed by atoms with Gasteiger partial charge in [-0.3, -0.25) is 0 Å². The van der Waals surface area contributed by atoms with Gasteiger partial charge in [0.1, 0.15) is 0 Å². The van der Waals surface area contributed by atoms with E-state index in [-0.39, 0.29) is 6.61 Å². The average molecular weight is 349 g/mol. The lowest BCUT2D eigenvalue weighted by Gasteiger charge is -2.07. The van der Waals surface area contributed by atoms with E-state index >= 15 is 0 Å². The Labute approximate surface area is 145 Å². The Morgan fingerprint density at radius 1 is 1.04 bits per heavy atom. The van der Waals surface area contributed by atoms with Crippen molar-refractivity contribution in [1.82, 2.24) is 9.88 Å². The summed E-state index contributed by atoms with van der Waals surface area (Å²) in [4.78, 5) is 0. The highest BCUT2D eigenvalue weighted by Gasteiger charge is 2.09. The van der Waals surface area contributed by atoms with E-state index in [1.165, 1.54) is 16.5 Å². The number of para-hydroxylation sites is 1. The third-order valence-corrected chi connectivity index (χ3v) is 4.55. The Balaban J connectivity index is 1.92. The van der Waals surface area contributed by atoms with Crippen LogP contribution < -0.4 is 5.32 Å². The van der Waals surface area contributed by atoms with E-state index in [0.29, 0.717) is 16.6 Å². The van der Waals surface area contributed by atoms with E-state index in [9.17, 15) is 0 Å². The van der Waals surface area contributed by atoms with Crippen LogP contribution in [-0.4, -0.2) is 22.8 Å². The largest absolute Gasteiger partial charge is 0.395 e. The van der Waals surface area contributed by atoms with Gasteiger partial charge in [0.15, 0.2) is 0 Å². The average Bonchev–Trinajstić information content (AvgIpc) is 2.90. The van der Waals surface area contributed by atoms with Gasteiger partial charge in [0, 0.05) is 36.7 Å². The number of halogens is 2. The van der Waals surface area contributed by atoms with Crippen molar-refractivity contribution in [2.24, 2.45) is 0 Å². The van der Waals surface area contributed by atoms with Crippen molar-refractivity contribution in [3.05, 3.63) is 69.8 Å². The molecule has 2 N–H and O–H groups in total. The predicted octanol–water partition coefficient (Wildman–Crippen LogP) is 4.08. The fraction of sp³-hybridized carbons (Fsp3) is 0.222. The fourth-order valence-corrected chi connectivity index (χ4v) is 3.05. The number of hydrogen-bond donors (Lipinski definition) is 2. The molecule has 3 nitrogen and oxygen atoms in total. The molecule has 5 heteroatoms. The topological polar surface area (TPSA) is 37.2 Å². The second-order valence-corrected chi connectivity index (χ2v) is 6.26. The number of aliphatic hydroxyl groups excluding tert-OH is 1. The summed E-state index contributed by atoms with van der Waals surface area (Å²) in [6, 6.07) is 14.0. The summed E-state index contributed by atoms with van der Waals surface area (Å²) in [5, 5.41) is 14.5. The van der Waals surface area contributed by atoms with E-state index in [1.807, 2.05) is 30.3 Å². The second-order valence-electron chi connectivity index (χ2n) is 5.45. The van der Waals surface area contributed by atoms with Crippen LogP contribution in [0.2, 0.25) is 10.0 Å². The van der Waals surface area contributed by atoms with Crippen LogP contribution in [0.4, 0.5) is 0 Å². The highest BCUT2D eigenvalue weighted by Crippen LogP contribution is 2.25. The van der Waals surface area contributed by atoms with Crippen LogP contribution >= 0.6 is 23.2 Å². The fourth-order valence-electron chi connectivity index (χ4n) is 2.73. The molecule has 2 aromatic carbocycles. The number of aliphatic hydroxyl groups is 1. The molecule has 0 radical (unpaired) electrons.